The fourth-order valence-corrected chi connectivity index (χ4v) is 1.43. The third kappa shape index (κ3) is 2.81. The molecule has 2 aromatic rings. The minimum absolute atomic E-state index is 0.677. The molecule has 0 aliphatic heterocycles. The summed E-state index contributed by atoms with van der Waals surface area (Å²) in [5.74, 6) is 0. The average Bonchev–Trinajstić information content (AvgIpc) is 2.38. The minimum atomic E-state index is 0.677. The number of nitrogens with zero attached hydrogens (tertiary/aromatic N) is 2. The summed E-state index contributed by atoms with van der Waals surface area (Å²) in [7, 11) is 0. The highest BCUT2D eigenvalue weighted by Crippen LogP contribution is 2.11. The largest absolute Gasteiger partial charge is 0.398 e. The predicted molar refractivity (Wildman–Crippen MR) is 70.9 cm³/mol. The molecule has 4 heteroatoms. The molecule has 0 atom stereocenters. The molecular weight excluding hydrogens is 212 g/mol. The summed E-state index contributed by atoms with van der Waals surface area (Å²) in [6.45, 7) is 1.89. The van der Waals surface area contributed by atoms with Gasteiger partial charge in [0, 0.05) is 23.6 Å². The molecule has 0 saturated heterocycles. The molecule has 0 amide bonds. The molecule has 1 aromatic carbocycles. The maximum atomic E-state index is 5.84. The van der Waals surface area contributed by atoms with Gasteiger partial charge in [-0.2, -0.15) is 5.10 Å². The van der Waals surface area contributed by atoms with Gasteiger partial charge in [-0.1, -0.05) is 18.2 Å². The van der Waals surface area contributed by atoms with Gasteiger partial charge in [-0.25, -0.2) is 0 Å². The maximum absolute atomic E-state index is 5.84. The molecule has 0 radical (unpaired) electrons. The number of aromatic nitrogens is 1. The Hall–Kier alpha value is -2.36. The summed E-state index contributed by atoms with van der Waals surface area (Å²) < 4.78 is 0. The van der Waals surface area contributed by atoms with Crippen molar-refractivity contribution in [1.82, 2.24) is 4.98 Å². The second-order valence-electron chi connectivity index (χ2n) is 3.64. The first-order chi connectivity index (χ1) is 8.27. The number of nitrogen functional groups attached to an aromatic ring is 1. The van der Waals surface area contributed by atoms with Gasteiger partial charge in [0.05, 0.1) is 11.4 Å². The van der Waals surface area contributed by atoms with Crippen molar-refractivity contribution in [3.63, 3.8) is 0 Å². The van der Waals surface area contributed by atoms with Crippen LogP contribution >= 0.6 is 0 Å². The van der Waals surface area contributed by atoms with Crippen LogP contribution in [0.3, 0.4) is 0 Å². The van der Waals surface area contributed by atoms with Gasteiger partial charge in [0.15, 0.2) is 0 Å². The van der Waals surface area contributed by atoms with Gasteiger partial charge >= 0.3 is 0 Å². The summed E-state index contributed by atoms with van der Waals surface area (Å²) >= 11 is 0. The van der Waals surface area contributed by atoms with Crippen LogP contribution in [0.5, 0.6) is 0 Å². The van der Waals surface area contributed by atoms with Gasteiger partial charge in [-0.15, -0.1) is 0 Å². The van der Waals surface area contributed by atoms with Crippen molar-refractivity contribution in [2.75, 3.05) is 11.2 Å². The summed E-state index contributed by atoms with van der Waals surface area (Å²) in [4.78, 5) is 4.03. The first-order valence-corrected chi connectivity index (χ1v) is 5.32. The summed E-state index contributed by atoms with van der Waals surface area (Å²) in [6, 6.07) is 11.5. The van der Waals surface area contributed by atoms with E-state index >= 15 is 0 Å². The molecule has 1 aromatic heterocycles. The minimum Gasteiger partial charge on any atom is -0.398 e. The van der Waals surface area contributed by atoms with Crippen molar-refractivity contribution < 1.29 is 0 Å². The molecule has 0 unspecified atom stereocenters. The fourth-order valence-electron chi connectivity index (χ4n) is 1.43. The fraction of sp³-hybridized carbons (Fsp3) is 0.0769. The van der Waals surface area contributed by atoms with E-state index in [9.17, 15) is 0 Å². The second kappa shape index (κ2) is 5.12. The van der Waals surface area contributed by atoms with E-state index in [1.807, 2.05) is 37.3 Å². The Balaban J connectivity index is 2.16. The van der Waals surface area contributed by atoms with Crippen LogP contribution in [0.1, 0.15) is 12.5 Å². The van der Waals surface area contributed by atoms with E-state index in [2.05, 4.69) is 15.5 Å². The van der Waals surface area contributed by atoms with Crippen LogP contribution in [0.4, 0.5) is 11.4 Å². The van der Waals surface area contributed by atoms with Crippen LogP contribution in [0.15, 0.2) is 53.9 Å². The van der Waals surface area contributed by atoms with Gasteiger partial charge in [-0.3, -0.25) is 10.4 Å². The number of para-hydroxylation sites is 1. The van der Waals surface area contributed by atoms with E-state index in [0.29, 0.717) is 5.69 Å². The highest BCUT2D eigenvalue weighted by Gasteiger charge is 2.01. The monoisotopic (exact) mass is 226 g/mol. The van der Waals surface area contributed by atoms with E-state index in [0.717, 1.165) is 17.0 Å². The van der Waals surface area contributed by atoms with Gasteiger partial charge in [0.2, 0.25) is 0 Å². The van der Waals surface area contributed by atoms with E-state index < -0.39 is 0 Å². The van der Waals surface area contributed by atoms with Crippen LogP contribution < -0.4 is 11.2 Å². The third-order valence-electron chi connectivity index (χ3n) is 2.37. The van der Waals surface area contributed by atoms with Gasteiger partial charge in [-0.05, 0) is 25.1 Å². The normalized spacial score (nSPS) is 11.2. The van der Waals surface area contributed by atoms with Gasteiger partial charge < -0.3 is 5.73 Å². The van der Waals surface area contributed by atoms with Crippen LogP contribution in [0, 0.1) is 0 Å². The topological polar surface area (TPSA) is 63.3 Å². The molecule has 17 heavy (non-hydrogen) atoms. The van der Waals surface area contributed by atoms with Gasteiger partial charge in [0.1, 0.15) is 0 Å². The highest BCUT2D eigenvalue weighted by molar-refractivity contribution is 6.02. The number of hydrazone groups is 1. The third-order valence-corrected chi connectivity index (χ3v) is 2.37. The smallest absolute Gasteiger partial charge is 0.0684 e. The summed E-state index contributed by atoms with van der Waals surface area (Å²) in [5, 5.41) is 4.27. The Labute approximate surface area is 100 Å². The number of nitrogens with two attached hydrogens (primary N) is 1. The molecule has 3 N–H and O–H groups in total. The predicted octanol–water partition coefficient (Wildman–Crippen LogP) is 2.50. The molecule has 2 rings (SSSR count). The Morgan fingerprint density at radius 3 is 2.71 bits per heavy atom. The number of pyridine rings is 1. The SMILES string of the molecule is C/C(=N\Nc1ccccc1)c1cnccc1N. The molecule has 0 spiro atoms. The summed E-state index contributed by atoms with van der Waals surface area (Å²) in [6.07, 6.45) is 3.37. The molecule has 1 heterocycles. The van der Waals surface area contributed by atoms with Crippen LogP contribution in [-0.2, 0) is 0 Å². The van der Waals surface area contributed by atoms with E-state index in [-0.39, 0.29) is 0 Å². The lowest BCUT2D eigenvalue weighted by Crippen LogP contribution is -2.04. The second-order valence-corrected chi connectivity index (χ2v) is 3.64. The van der Waals surface area contributed by atoms with Crippen molar-refractivity contribution in [2.24, 2.45) is 5.10 Å². The zero-order valence-corrected chi connectivity index (χ0v) is 9.59. The van der Waals surface area contributed by atoms with Crippen molar-refractivity contribution in [2.45, 2.75) is 6.92 Å². The van der Waals surface area contributed by atoms with Crippen LogP contribution in [-0.4, -0.2) is 10.7 Å². The molecule has 0 saturated carbocycles. The van der Waals surface area contributed by atoms with E-state index in [4.69, 9.17) is 5.73 Å². The number of rotatable bonds is 3. The van der Waals surface area contributed by atoms with Crippen molar-refractivity contribution in [1.29, 1.82) is 0 Å². The van der Waals surface area contributed by atoms with E-state index in [1.54, 1.807) is 18.5 Å². The molecule has 0 aliphatic carbocycles. The maximum Gasteiger partial charge on any atom is 0.0684 e. The Kier molecular flexibility index (Phi) is 3.35. The molecule has 0 bridgehead atoms. The number of benzene rings is 1. The first-order valence-electron chi connectivity index (χ1n) is 5.32. The van der Waals surface area contributed by atoms with Crippen molar-refractivity contribution >= 4 is 17.1 Å². The highest BCUT2D eigenvalue weighted by atomic mass is 15.3. The zero-order valence-electron chi connectivity index (χ0n) is 9.59. The lowest BCUT2D eigenvalue weighted by molar-refractivity contribution is 1.28. The molecule has 4 nitrogen and oxygen atoms in total. The van der Waals surface area contributed by atoms with Crippen LogP contribution in [0.25, 0.3) is 0 Å². The van der Waals surface area contributed by atoms with Crippen molar-refractivity contribution in [3.8, 4) is 0 Å². The Morgan fingerprint density at radius 1 is 1.24 bits per heavy atom. The van der Waals surface area contributed by atoms with E-state index in [1.165, 1.54) is 0 Å². The number of hydrogen-bond acceptors (Lipinski definition) is 4. The number of anilines is 2. The molecule has 0 aliphatic rings. The van der Waals surface area contributed by atoms with Gasteiger partial charge in [0.25, 0.3) is 0 Å². The standard InChI is InChI=1S/C13H14N4/c1-10(12-9-15-8-7-13(12)14)16-17-11-5-3-2-4-6-11/h2-9,17H,1H3,(H2,14,15)/b16-10+. The Morgan fingerprint density at radius 2 is 2.00 bits per heavy atom. The number of hydrogen-bond donors (Lipinski definition) is 2. The molecular formula is C13H14N4. The van der Waals surface area contributed by atoms with Crippen molar-refractivity contribution in [3.05, 3.63) is 54.4 Å². The molecule has 86 valence electrons. The van der Waals surface area contributed by atoms with Crippen LogP contribution in [0.2, 0.25) is 0 Å². The Bertz CT molecular complexity index is 520. The quantitative estimate of drug-likeness (QED) is 0.624. The zero-order chi connectivity index (χ0) is 12.1. The average molecular weight is 226 g/mol. The first kappa shape index (κ1) is 11.1. The lowest BCUT2D eigenvalue weighted by atomic mass is 10.2. The lowest BCUT2D eigenvalue weighted by Gasteiger charge is -2.05. The molecule has 0 fully saturated rings. The summed E-state index contributed by atoms with van der Waals surface area (Å²) in [5.41, 5.74) is 12.1. The number of nitrogens with one attached hydrogen (secondary N) is 1.